The number of aliphatic hydroxyl groups is 1. The summed E-state index contributed by atoms with van der Waals surface area (Å²) >= 11 is 0. The molecule has 0 spiro atoms. The van der Waals surface area contributed by atoms with Crippen molar-refractivity contribution < 1.29 is 9.90 Å². The summed E-state index contributed by atoms with van der Waals surface area (Å²) in [5.41, 5.74) is 1.28. The number of hydrogen-bond donors (Lipinski definition) is 3. The fourth-order valence-corrected chi connectivity index (χ4v) is 1.37. The first-order valence-corrected chi connectivity index (χ1v) is 5.49. The number of hydrogen-bond acceptors (Lipinski definition) is 2. The van der Waals surface area contributed by atoms with E-state index >= 15 is 0 Å². The molecule has 0 aliphatic rings. The van der Waals surface area contributed by atoms with Crippen LogP contribution in [0.1, 0.15) is 12.0 Å². The lowest BCUT2D eigenvalue weighted by Gasteiger charge is -2.06. The minimum absolute atomic E-state index is 0.0303. The molecule has 88 valence electrons. The minimum atomic E-state index is -0.220. The number of nitrogens with one attached hydrogen (secondary N) is 2. The summed E-state index contributed by atoms with van der Waals surface area (Å²) in [6.07, 6.45) is 1.87. The summed E-state index contributed by atoms with van der Waals surface area (Å²) in [6, 6.07) is 9.94. The third-order valence-electron chi connectivity index (χ3n) is 2.17. The molecule has 0 saturated heterocycles. The normalized spacial score (nSPS) is 9.81. The van der Waals surface area contributed by atoms with Crippen molar-refractivity contribution in [2.24, 2.45) is 0 Å². The molecule has 0 unspecified atom stereocenters. The van der Waals surface area contributed by atoms with Gasteiger partial charge in [-0.2, -0.15) is 0 Å². The zero-order valence-corrected chi connectivity index (χ0v) is 9.28. The maximum Gasteiger partial charge on any atom is 0.314 e. The number of rotatable bonds is 6. The highest BCUT2D eigenvalue weighted by atomic mass is 16.3. The van der Waals surface area contributed by atoms with Gasteiger partial charge in [0, 0.05) is 13.1 Å². The summed E-state index contributed by atoms with van der Waals surface area (Å²) in [4.78, 5) is 11.1. The van der Waals surface area contributed by atoms with Gasteiger partial charge < -0.3 is 15.7 Å². The fourth-order valence-electron chi connectivity index (χ4n) is 1.37. The van der Waals surface area contributed by atoms with Crippen LogP contribution in [0.5, 0.6) is 0 Å². The van der Waals surface area contributed by atoms with Gasteiger partial charge in [-0.1, -0.05) is 30.3 Å². The van der Waals surface area contributed by atoms with Crippen LogP contribution in [-0.2, 0) is 6.42 Å². The highest BCUT2D eigenvalue weighted by molar-refractivity contribution is 5.73. The molecule has 3 N–H and O–H groups in total. The summed E-state index contributed by atoms with van der Waals surface area (Å²) in [5, 5.41) is 13.8. The van der Waals surface area contributed by atoms with Crippen LogP contribution in [0.4, 0.5) is 4.79 Å². The zero-order chi connectivity index (χ0) is 11.6. The topological polar surface area (TPSA) is 61.4 Å². The Bertz CT molecular complexity index is 301. The first-order chi connectivity index (χ1) is 7.83. The van der Waals surface area contributed by atoms with Gasteiger partial charge in [-0.25, -0.2) is 4.79 Å². The molecule has 1 aromatic carbocycles. The van der Waals surface area contributed by atoms with E-state index in [0.29, 0.717) is 13.1 Å². The van der Waals surface area contributed by atoms with E-state index < -0.39 is 0 Å². The maximum atomic E-state index is 11.1. The van der Waals surface area contributed by atoms with Crippen LogP contribution >= 0.6 is 0 Å². The van der Waals surface area contributed by atoms with E-state index in [1.807, 2.05) is 18.2 Å². The number of amides is 2. The van der Waals surface area contributed by atoms with Gasteiger partial charge in [0.25, 0.3) is 0 Å². The third kappa shape index (κ3) is 5.36. The molecule has 1 rings (SSSR count). The Labute approximate surface area is 95.7 Å². The summed E-state index contributed by atoms with van der Waals surface area (Å²) in [6.45, 7) is 0.911. The van der Waals surface area contributed by atoms with Crippen molar-refractivity contribution in [2.75, 3.05) is 19.7 Å². The summed E-state index contributed by atoms with van der Waals surface area (Å²) in [5.74, 6) is 0. The molecule has 4 nitrogen and oxygen atoms in total. The molecular weight excluding hydrogens is 204 g/mol. The quantitative estimate of drug-likeness (QED) is 0.626. The smallest absolute Gasteiger partial charge is 0.314 e. The Morgan fingerprint density at radius 1 is 1.12 bits per heavy atom. The maximum absolute atomic E-state index is 11.1. The molecule has 0 aliphatic heterocycles. The molecule has 0 radical (unpaired) electrons. The summed E-state index contributed by atoms with van der Waals surface area (Å²) < 4.78 is 0. The second-order valence-electron chi connectivity index (χ2n) is 3.50. The van der Waals surface area contributed by atoms with Crippen molar-refractivity contribution in [3.63, 3.8) is 0 Å². The van der Waals surface area contributed by atoms with Crippen LogP contribution in [0.15, 0.2) is 30.3 Å². The van der Waals surface area contributed by atoms with Crippen molar-refractivity contribution in [1.29, 1.82) is 0 Å². The van der Waals surface area contributed by atoms with E-state index in [0.717, 1.165) is 12.8 Å². The highest BCUT2D eigenvalue weighted by Gasteiger charge is 1.97. The Morgan fingerprint density at radius 3 is 2.50 bits per heavy atom. The third-order valence-corrected chi connectivity index (χ3v) is 2.17. The number of aryl methyl sites for hydroxylation is 1. The van der Waals surface area contributed by atoms with Crippen LogP contribution in [0.2, 0.25) is 0 Å². The van der Waals surface area contributed by atoms with Crippen molar-refractivity contribution in [3.8, 4) is 0 Å². The van der Waals surface area contributed by atoms with E-state index in [2.05, 4.69) is 22.8 Å². The van der Waals surface area contributed by atoms with Gasteiger partial charge in [0.15, 0.2) is 0 Å². The van der Waals surface area contributed by atoms with E-state index in [1.54, 1.807) is 0 Å². The number of aliphatic hydroxyl groups excluding tert-OH is 1. The zero-order valence-electron chi connectivity index (χ0n) is 9.28. The second kappa shape index (κ2) is 7.70. The van der Waals surface area contributed by atoms with Crippen molar-refractivity contribution in [2.45, 2.75) is 12.8 Å². The summed E-state index contributed by atoms with van der Waals surface area (Å²) in [7, 11) is 0. The molecule has 16 heavy (non-hydrogen) atoms. The molecule has 0 aromatic heterocycles. The molecule has 0 bridgehead atoms. The molecule has 0 heterocycles. The number of benzene rings is 1. The highest BCUT2D eigenvalue weighted by Crippen LogP contribution is 2.01. The first kappa shape index (κ1) is 12.5. The van der Waals surface area contributed by atoms with Crippen LogP contribution in [0.3, 0.4) is 0 Å². The van der Waals surface area contributed by atoms with E-state index in [9.17, 15) is 4.79 Å². The van der Waals surface area contributed by atoms with Crippen LogP contribution < -0.4 is 10.6 Å². The number of urea groups is 1. The van der Waals surface area contributed by atoms with Gasteiger partial charge in [-0.15, -0.1) is 0 Å². The predicted octanol–water partition coefficient (Wildman–Crippen LogP) is 0.911. The lowest BCUT2D eigenvalue weighted by molar-refractivity contribution is 0.234. The number of carbonyl (C=O) groups excluding carboxylic acids is 1. The largest absolute Gasteiger partial charge is 0.395 e. The average molecular weight is 222 g/mol. The van der Waals surface area contributed by atoms with E-state index in [4.69, 9.17) is 5.11 Å². The SMILES string of the molecule is O=C(NCCO)NCCCc1ccccc1. The standard InChI is InChI=1S/C12H18N2O2/c15-10-9-14-12(16)13-8-4-7-11-5-2-1-3-6-11/h1-3,5-6,15H,4,7-10H2,(H2,13,14,16). The van der Waals surface area contributed by atoms with Crippen molar-refractivity contribution >= 4 is 6.03 Å². The molecule has 0 atom stereocenters. The van der Waals surface area contributed by atoms with E-state index in [-0.39, 0.29) is 12.6 Å². The van der Waals surface area contributed by atoms with Gasteiger partial charge in [0.2, 0.25) is 0 Å². The first-order valence-electron chi connectivity index (χ1n) is 5.49. The van der Waals surface area contributed by atoms with Crippen LogP contribution in [0, 0.1) is 0 Å². The molecular formula is C12H18N2O2. The van der Waals surface area contributed by atoms with Gasteiger partial charge in [-0.05, 0) is 18.4 Å². The van der Waals surface area contributed by atoms with Crippen molar-refractivity contribution in [3.05, 3.63) is 35.9 Å². The molecule has 0 fully saturated rings. The van der Waals surface area contributed by atoms with Crippen LogP contribution in [-0.4, -0.2) is 30.8 Å². The lowest BCUT2D eigenvalue weighted by Crippen LogP contribution is -2.37. The Morgan fingerprint density at radius 2 is 1.81 bits per heavy atom. The predicted molar refractivity (Wildman–Crippen MR) is 63.3 cm³/mol. The average Bonchev–Trinajstić information content (AvgIpc) is 2.33. The molecule has 4 heteroatoms. The van der Waals surface area contributed by atoms with Crippen molar-refractivity contribution in [1.82, 2.24) is 10.6 Å². The van der Waals surface area contributed by atoms with Crippen LogP contribution in [0.25, 0.3) is 0 Å². The number of carbonyl (C=O) groups is 1. The molecule has 1 aromatic rings. The molecule has 0 saturated carbocycles. The molecule has 0 aliphatic carbocycles. The van der Waals surface area contributed by atoms with Gasteiger partial charge in [0.05, 0.1) is 6.61 Å². The van der Waals surface area contributed by atoms with Gasteiger partial charge in [-0.3, -0.25) is 0 Å². The monoisotopic (exact) mass is 222 g/mol. The second-order valence-corrected chi connectivity index (χ2v) is 3.50. The Kier molecular flexibility index (Phi) is 6.03. The lowest BCUT2D eigenvalue weighted by atomic mass is 10.1. The molecule has 2 amide bonds. The Hall–Kier alpha value is -1.55. The van der Waals surface area contributed by atoms with E-state index in [1.165, 1.54) is 5.56 Å². The van der Waals surface area contributed by atoms with Gasteiger partial charge in [0.1, 0.15) is 0 Å². The fraction of sp³-hybridized carbons (Fsp3) is 0.417. The Balaban J connectivity index is 2.06. The van der Waals surface area contributed by atoms with Gasteiger partial charge >= 0.3 is 6.03 Å². The minimum Gasteiger partial charge on any atom is -0.395 e.